The number of sulfone groups is 1. The van der Waals surface area contributed by atoms with Crippen LogP contribution in [-0.2, 0) is 21.0 Å². The predicted molar refractivity (Wildman–Crippen MR) is 163 cm³/mol. The maximum Gasteiger partial charge on any atom is 0.409 e. The number of nitrogens with zero attached hydrogens (tertiary/aromatic N) is 3. The lowest BCUT2D eigenvalue weighted by Crippen LogP contribution is -2.38. The van der Waals surface area contributed by atoms with Gasteiger partial charge in [0.05, 0.1) is 34.8 Å². The Morgan fingerprint density at radius 1 is 1.17 bits per heavy atom. The minimum atomic E-state index is -3.55. The second-order valence-electron chi connectivity index (χ2n) is 11.1. The van der Waals surface area contributed by atoms with Gasteiger partial charge in [0.1, 0.15) is 16.9 Å². The molecule has 2 aliphatic heterocycles. The molecular formula is C30H36ClN5O5S. The number of rotatable bonds is 7. The number of anilines is 4. The Morgan fingerprint density at radius 3 is 2.57 bits per heavy atom. The second kappa shape index (κ2) is 12.0. The predicted octanol–water partition coefficient (Wildman–Crippen LogP) is 6.38. The van der Waals surface area contributed by atoms with Crippen LogP contribution in [0.1, 0.15) is 56.2 Å². The third-order valence-electron chi connectivity index (χ3n) is 7.83. The molecule has 1 aromatic heterocycles. The fourth-order valence-corrected chi connectivity index (χ4v) is 7.07. The maximum atomic E-state index is 12.9. The summed E-state index contributed by atoms with van der Waals surface area (Å²) in [4.78, 5) is 22.9. The molecular weight excluding hydrogens is 578 g/mol. The summed E-state index contributed by atoms with van der Waals surface area (Å²) in [5.74, 6) is 1.65. The van der Waals surface area contributed by atoms with Gasteiger partial charge in [-0.2, -0.15) is 4.98 Å². The average Bonchev–Trinajstić information content (AvgIpc) is 3.36. The summed E-state index contributed by atoms with van der Waals surface area (Å²) in [6.45, 7) is 8.73. The van der Waals surface area contributed by atoms with Crippen molar-refractivity contribution >= 4 is 50.7 Å². The van der Waals surface area contributed by atoms with Crippen LogP contribution < -0.4 is 15.4 Å². The lowest BCUT2D eigenvalue weighted by molar-refractivity contribution is 0.112. The van der Waals surface area contributed by atoms with Crippen molar-refractivity contribution in [3.05, 3.63) is 58.2 Å². The molecule has 10 nitrogen and oxygen atoms in total. The number of nitrogens with one attached hydrogen (secondary N) is 2. The minimum Gasteiger partial charge on any atom is -0.488 e. The number of aromatic nitrogens is 2. The van der Waals surface area contributed by atoms with Crippen molar-refractivity contribution in [1.29, 1.82) is 0 Å². The van der Waals surface area contributed by atoms with Gasteiger partial charge in [-0.3, -0.25) is 0 Å². The first-order valence-corrected chi connectivity index (χ1v) is 16.0. The number of para-hydroxylation sites is 1. The Labute approximate surface area is 251 Å². The van der Waals surface area contributed by atoms with Crippen LogP contribution in [0.4, 0.5) is 27.9 Å². The van der Waals surface area contributed by atoms with Gasteiger partial charge in [0.15, 0.2) is 15.7 Å². The van der Waals surface area contributed by atoms with Gasteiger partial charge in [0, 0.05) is 25.1 Å². The van der Waals surface area contributed by atoms with Gasteiger partial charge in [0.25, 0.3) is 0 Å². The highest BCUT2D eigenvalue weighted by Gasteiger charge is 2.33. The number of halogens is 1. The standard InChI is InChI=1S/C30H36ClN5O5S/c1-17(2)42(38,39)25-9-7-6-8-23(25)33-28-22(31)16-32-29(35-28)34-24-14-18(3)26(21-15-19(4)41-27(21)24)20-10-12-36(13-11-20)30(37)40-5/h6-9,14,16-17,19-20H,10-13,15H2,1-5H3,(H2,32,33,34,35). The van der Waals surface area contributed by atoms with Crippen LogP contribution in [0.15, 0.2) is 41.4 Å². The zero-order valence-corrected chi connectivity index (χ0v) is 26.0. The number of ether oxygens (including phenoxy) is 2. The molecule has 0 bridgehead atoms. The number of carbonyl (C=O) groups is 1. The van der Waals surface area contributed by atoms with Gasteiger partial charge in [-0.1, -0.05) is 23.7 Å². The van der Waals surface area contributed by atoms with E-state index in [0.717, 1.165) is 36.3 Å². The molecule has 1 atom stereocenters. The number of fused-ring (bicyclic) bond motifs is 1. The van der Waals surface area contributed by atoms with E-state index in [0.29, 0.717) is 24.7 Å². The van der Waals surface area contributed by atoms with Crippen molar-refractivity contribution in [3.8, 4) is 5.75 Å². The number of aryl methyl sites for hydroxylation is 1. The largest absolute Gasteiger partial charge is 0.488 e. The Balaban J connectivity index is 1.43. The number of carbonyl (C=O) groups excluding carboxylic acids is 1. The second-order valence-corrected chi connectivity index (χ2v) is 13.9. The molecule has 5 rings (SSSR count). The smallest absolute Gasteiger partial charge is 0.409 e. The molecule has 1 saturated heterocycles. The van der Waals surface area contributed by atoms with Gasteiger partial charge in [-0.15, -0.1) is 0 Å². The van der Waals surface area contributed by atoms with Gasteiger partial charge >= 0.3 is 6.09 Å². The molecule has 0 spiro atoms. The number of hydrogen-bond acceptors (Lipinski definition) is 9. The fourth-order valence-electron chi connectivity index (χ4n) is 5.73. The molecule has 1 unspecified atom stereocenters. The lowest BCUT2D eigenvalue weighted by atomic mass is 9.82. The van der Waals surface area contributed by atoms with Crippen molar-refractivity contribution in [2.24, 2.45) is 0 Å². The van der Waals surface area contributed by atoms with E-state index in [9.17, 15) is 13.2 Å². The first kappa shape index (κ1) is 29.9. The average molecular weight is 614 g/mol. The highest BCUT2D eigenvalue weighted by atomic mass is 35.5. The van der Waals surface area contributed by atoms with E-state index in [1.54, 1.807) is 43.0 Å². The topological polar surface area (TPSA) is 123 Å². The van der Waals surface area contributed by atoms with Crippen molar-refractivity contribution in [3.63, 3.8) is 0 Å². The third-order valence-corrected chi connectivity index (χ3v) is 10.3. The fraction of sp³-hybridized carbons (Fsp3) is 0.433. The van der Waals surface area contributed by atoms with Crippen molar-refractivity contribution in [2.75, 3.05) is 30.8 Å². The normalized spacial score (nSPS) is 17.1. The van der Waals surface area contributed by atoms with Crippen LogP contribution in [-0.4, -0.2) is 60.9 Å². The molecule has 1 amide bonds. The number of piperidine rings is 1. The van der Waals surface area contributed by atoms with Gasteiger partial charge in [-0.05, 0) is 75.8 Å². The Hall–Kier alpha value is -3.57. The monoisotopic (exact) mass is 613 g/mol. The lowest BCUT2D eigenvalue weighted by Gasteiger charge is -2.33. The van der Waals surface area contributed by atoms with Crippen LogP contribution in [0, 0.1) is 6.92 Å². The first-order valence-electron chi connectivity index (χ1n) is 14.0. The molecule has 0 saturated carbocycles. The minimum absolute atomic E-state index is 0.0130. The molecule has 3 aromatic rings. The third kappa shape index (κ3) is 5.85. The number of amides is 1. The first-order chi connectivity index (χ1) is 20.0. The zero-order chi connectivity index (χ0) is 30.2. The zero-order valence-electron chi connectivity index (χ0n) is 24.4. The molecule has 224 valence electrons. The van der Waals surface area contributed by atoms with Crippen LogP contribution in [0.25, 0.3) is 0 Å². The highest BCUT2D eigenvalue weighted by Crippen LogP contribution is 2.46. The quantitative estimate of drug-likeness (QED) is 0.312. The van der Waals surface area contributed by atoms with Crippen LogP contribution >= 0.6 is 11.6 Å². The van der Waals surface area contributed by atoms with E-state index in [2.05, 4.69) is 33.6 Å². The van der Waals surface area contributed by atoms with E-state index < -0.39 is 15.1 Å². The number of hydrogen-bond donors (Lipinski definition) is 2. The summed E-state index contributed by atoms with van der Waals surface area (Å²) < 4.78 is 37.1. The van der Waals surface area contributed by atoms with Crippen LogP contribution in [0.3, 0.4) is 0 Å². The Bertz CT molecular complexity index is 1610. The van der Waals surface area contributed by atoms with E-state index in [-0.39, 0.29) is 33.9 Å². The van der Waals surface area contributed by atoms with Crippen molar-refractivity contribution in [1.82, 2.24) is 14.9 Å². The SMILES string of the molecule is COC(=O)N1CCC(c2c(C)cc(Nc3ncc(Cl)c(Nc4ccccc4S(=O)(=O)C(C)C)n3)c3c2CC(C)O3)CC1. The summed E-state index contributed by atoms with van der Waals surface area (Å²) in [6, 6.07) is 8.73. The van der Waals surface area contributed by atoms with E-state index >= 15 is 0 Å². The summed E-state index contributed by atoms with van der Waals surface area (Å²) in [6.07, 6.45) is 3.69. The molecule has 42 heavy (non-hydrogen) atoms. The van der Waals surface area contributed by atoms with Crippen LogP contribution in [0.2, 0.25) is 5.02 Å². The van der Waals surface area contributed by atoms with E-state index in [4.69, 9.17) is 21.1 Å². The van der Waals surface area contributed by atoms with Gasteiger partial charge < -0.3 is 25.0 Å². The summed E-state index contributed by atoms with van der Waals surface area (Å²) in [5, 5.41) is 6.06. The molecule has 2 aliphatic rings. The molecule has 1 fully saturated rings. The maximum absolute atomic E-state index is 12.9. The highest BCUT2D eigenvalue weighted by molar-refractivity contribution is 7.92. The Morgan fingerprint density at radius 2 is 1.88 bits per heavy atom. The molecule has 0 aliphatic carbocycles. The molecule has 12 heteroatoms. The van der Waals surface area contributed by atoms with Crippen molar-refractivity contribution in [2.45, 2.75) is 69.1 Å². The molecule has 0 radical (unpaired) electrons. The molecule has 2 aromatic carbocycles. The molecule has 2 N–H and O–H groups in total. The number of likely N-dealkylation sites (tertiary alicyclic amines) is 1. The van der Waals surface area contributed by atoms with E-state index in [1.165, 1.54) is 24.4 Å². The summed E-state index contributed by atoms with van der Waals surface area (Å²) >= 11 is 6.44. The molecule has 3 heterocycles. The van der Waals surface area contributed by atoms with Gasteiger partial charge in [0.2, 0.25) is 5.95 Å². The number of benzene rings is 2. The van der Waals surface area contributed by atoms with Crippen LogP contribution in [0.5, 0.6) is 5.75 Å². The summed E-state index contributed by atoms with van der Waals surface area (Å²) in [7, 11) is -2.13. The van der Waals surface area contributed by atoms with E-state index in [1.807, 2.05) is 6.92 Å². The van der Waals surface area contributed by atoms with Crippen molar-refractivity contribution < 1.29 is 22.7 Å². The summed E-state index contributed by atoms with van der Waals surface area (Å²) in [5.41, 5.74) is 4.71. The Kier molecular flexibility index (Phi) is 8.52. The van der Waals surface area contributed by atoms with Gasteiger partial charge in [-0.25, -0.2) is 18.2 Å². The number of methoxy groups -OCH3 is 1.